The third-order valence-corrected chi connectivity index (χ3v) is 4.94. The average Bonchev–Trinajstić information content (AvgIpc) is 3.02. The summed E-state index contributed by atoms with van der Waals surface area (Å²) < 4.78 is 2.24. The maximum atomic E-state index is 4.45. The molecule has 2 heterocycles. The lowest BCUT2D eigenvalue weighted by molar-refractivity contribution is 0.498. The lowest BCUT2D eigenvalue weighted by Crippen LogP contribution is -2.08. The van der Waals surface area contributed by atoms with Crippen LogP contribution in [0.15, 0.2) is 60.0 Å². The summed E-state index contributed by atoms with van der Waals surface area (Å²) in [6.07, 6.45) is 5.84. The van der Waals surface area contributed by atoms with E-state index >= 15 is 0 Å². The van der Waals surface area contributed by atoms with Crippen LogP contribution in [0.2, 0.25) is 0 Å². The monoisotopic (exact) mass is 352 g/mol. The molecular formula is C20H24N4S. The van der Waals surface area contributed by atoms with Gasteiger partial charge in [0.2, 0.25) is 0 Å². The van der Waals surface area contributed by atoms with Crippen molar-refractivity contribution < 1.29 is 0 Å². The van der Waals surface area contributed by atoms with Gasteiger partial charge in [0, 0.05) is 30.3 Å². The summed E-state index contributed by atoms with van der Waals surface area (Å²) in [6, 6.07) is 14.6. The van der Waals surface area contributed by atoms with Crippen molar-refractivity contribution >= 4 is 11.8 Å². The Balaban J connectivity index is 1.67. The molecule has 3 aromatic rings. The normalized spacial score (nSPS) is 11.2. The molecule has 3 rings (SSSR count). The van der Waals surface area contributed by atoms with Gasteiger partial charge in [0.25, 0.3) is 0 Å². The van der Waals surface area contributed by atoms with Crippen LogP contribution in [0.3, 0.4) is 0 Å². The van der Waals surface area contributed by atoms with Crippen molar-refractivity contribution in [3.8, 4) is 11.4 Å². The number of thioether (sulfide) groups is 1. The molecule has 0 aliphatic heterocycles. The molecule has 0 unspecified atom stereocenters. The van der Waals surface area contributed by atoms with E-state index in [-0.39, 0.29) is 0 Å². The summed E-state index contributed by atoms with van der Waals surface area (Å²) >= 11 is 1.80. The van der Waals surface area contributed by atoms with E-state index in [1.165, 1.54) is 5.56 Å². The fourth-order valence-corrected chi connectivity index (χ4v) is 3.61. The third-order valence-electron chi connectivity index (χ3n) is 3.89. The van der Waals surface area contributed by atoms with Crippen molar-refractivity contribution in [2.24, 2.45) is 5.92 Å². The molecule has 0 saturated heterocycles. The highest BCUT2D eigenvalue weighted by molar-refractivity contribution is 7.99. The van der Waals surface area contributed by atoms with E-state index in [0.29, 0.717) is 5.92 Å². The molecule has 0 saturated carbocycles. The smallest absolute Gasteiger partial charge is 0.191 e. The summed E-state index contributed by atoms with van der Waals surface area (Å²) in [4.78, 5) is 4.10. The molecule has 0 atom stereocenters. The molecule has 0 aliphatic rings. The minimum atomic E-state index is 0.542. The molecule has 25 heavy (non-hydrogen) atoms. The molecule has 0 N–H and O–H groups in total. The van der Waals surface area contributed by atoms with Gasteiger partial charge in [-0.15, -0.1) is 10.2 Å². The first-order valence-electron chi connectivity index (χ1n) is 8.74. The number of benzene rings is 1. The molecule has 4 nitrogen and oxygen atoms in total. The summed E-state index contributed by atoms with van der Waals surface area (Å²) in [7, 11) is 0. The van der Waals surface area contributed by atoms with Gasteiger partial charge in [-0.05, 0) is 36.5 Å². The lowest BCUT2D eigenvalue weighted by atomic mass is 10.1. The molecule has 130 valence electrons. The van der Waals surface area contributed by atoms with E-state index < -0.39 is 0 Å². The molecule has 5 heteroatoms. The van der Waals surface area contributed by atoms with Crippen LogP contribution in [0.25, 0.3) is 11.4 Å². The van der Waals surface area contributed by atoms with E-state index in [2.05, 4.69) is 63.9 Å². The molecule has 1 aromatic carbocycles. The van der Waals surface area contributed by atoms with Gasteiger partial charge in [-0.1, -0.05) is 55.9 Å². The maximum Gasteiger partial charge on any atom is 0.191 e. The Morgan fingerprint density at radius 2 is 1.76 bits per heavy atom. The highest BCUT2D eigenvalue weighted by atomic mass is 32.2. The zero-order valence-corrected chi connectivity index (χ0v) is 15.6. The molecule has 0 spiro atoms. The number of rotatable bonds is 8. The topological polar surface area (TPSA) is 43.6 Å². The van der Waals surface area contributed by atoms with Gasteiger partial charge in [0.15, 0.2) is 11.0 Å². The Hall–Kier alpha value is -2.14. The van der Waals surface area contributed by atoms with Crippen molar-refractivity contribution in [1.29, 1.82) is 0 Å². The molecule has 0 amide bonds. The van der Waals surface area contributed by atoms with Gasteiger partial charge >= 0.3 is 0 Å². The molecule has 0 fully saturated rings. The van der Waals surface area contributed by atoms with Crippen molar-refractivity contribution in [3.05, 3.63) is 60.4 Å². The minimum Gasteiger partial charge on any atom is -0.302 e. The number of pyridine rings is 1. The van der Waals surface area contributed by atoms with Crippen LogP contribution in [0.1, 0.15) is 25.8 Å². The molecule has 0 radical (unpaired) electrons. The van der Waals surface area contributed by atoms with Gasteiger partial charge < -0.3 is 4.57 Å². The van der Waals surface area contributed by atoms with Gasteiger partial charge in [-0.25, -0.2) is 0 Å². The first-order chi connectivity index (χ1) is 12.2. The predicted octanol–water partition coefficient (Wildman–Crippen LogP) is 4.72. The van der Waals surface area contributed by atoms with Crippen LogP contribution in [0, 0.1) is 5.92 Å². The van der Waals surface area contributed by atoms with Crippen molar-refractivity contribution in [2.45, 2.75) is 38.4 Å². The fourth-order valence-electron chi connectivity index (χ4n) is 2.72. The molecule has 2 aromatic heterocycles. The zero-order valence-electron chi connectivity index (χ0n) is 14.8. The molecule has 0 bridgehead atoms. The van der Waals surface area contributed by atoms with E-state index in [1.807, 2.05) is 12.1 Å². The van der Waals surface area contributed by atoms with Gasteiger partial charge in [-0.2, -0.15) is 0 Å². The van der Waals surface area contributed by atoms with Crippen LogP contribution < -0.4 is 0 Å². The standard InChI is InChI=1S/C20H24N4S/c1-16(2)15-24-19(18-10-12-21-13-11-18)22-23-20(24)25-14-6-9-17-7-4-3-5-8-17/h3-5,7-8,10-13,16H,6,9,14-15H2,1-2H3. The number of hydrogen-bond donors (Lipinski definition) is 0. The second kappa shape index (κ2) is 8.81. The SMILES string of the molecule is CC(C)Cn1c(SCCCc2ccccc2)nnc1-c1ccncc1. The highest BCUT2D eigenvalue weighted by Crippen LogP contribution is 2.25. The average molecular weight is 353 g/mol. The van der Waals surface area contributed by atoms with Crippen LogP contribution >= 0.6 is 11.8 Å². The third kappa shape index (κ3) is 4.92. The zero-order chi connectivity index (χ0) is 17.5. The van der Waals surface area contributed by atoms with Crippen molar-refractivity contribution in [1.82, 2.24) is 19.7 Å². The van der Waals surface area contributed by atoms with Crippen molar-refractivity contribution in [3.63, 3.8) is 0 Å². The quantitative estimate of drug-likeness (QED) is 0.434. The Morgan fingerprint density at radius 3 is 2.48 bits per heavy atom. The second-order valence-electron chi connectivity index (χ2n) is 6.48. The largest absolute Gasteiger partial charge is 0.302 e. The van der Waals surface area contributed by atoms with E-state index in [0.717, 1.165) is 41.7 Å². The van der Waals surface area contributed by atoms with Gasteiger partial charge in [-0.3, -0.25) is 4.98 Å². The van der Waals surface area contributed by atoms with Crippen LogP contribution in [0.5, 0.6) is 0 Å². The summed E-state index contributed by atoms with van der Waals surface area (Å²) in [6.45, 7) is 5.37. The number of aromatic nitrogens is 4. The minimum absolute atomic E-state index is 0.542. The Labute approximate surface area is 153 Å². The summed E-state index contributed by atoms with van der Waals surface area (Å²) in [5.74, 6) is 2.52. The predicted molar refractivity (Wildman–Crippen MR) is 104 cm³/mol. The van der Waals surface area contributed by atoms with Crippen LogP contribution in [0.4, 0.5) is 0 Å². The van der Waals surface area contributed by atoms with Crippen molar-refractivity contribution in [2.75, 3.05) is 5.75 Å². The molecule has 0 aliphatic carbocycles. The number of hydrogen-bond acceptors (Lipinski definition) is 4. The van der Waals surface area contributed by atoms with Crippen LogP contribution in [-0.4, -0.2) is 25.5 Å². The highest BCUT2D eigenvalue weighted by Gasteiger charge is 2.15. The maximum absolute atomic E-state index is 4.45. The molecular weight excluding hydrogens is 328 g/mol. The van der Waals surface area contributed by atoms with Gasteiger partial charge in [0.1, 0.15) is 0 Å². The Morgan fingerprint density at radius 1 is 1.00 bits per heavy atom. The van der Waals surface area contributed by atoms with Crippen LogP contribution in [-0.2, 0) is 13.0 Å². The van der Waals surface area contributed by atoms with Gasteiger partial charge in [0.05, 0.1) is 0 Å². The first kappa shape index (κ1) is 17.7. The van der Waals surface area contributed by atoms with E-state index in [9.17, 15) is 0 Å². The fraction of sp³-hybridized carbons (Fsp3) is 0.350. The van der Waals surface area contributed by atoms with E-state index in [1.54, 1.807) is 24.2 Å². The number of aryl methyl sites for hydroxylation is 1. The summed E-state index contributed by atoms with van der Waals surface area (Å²) in [5.41, 5.74) is 2.46. The number of nitrogens with zero attached hydrogens (tertiary/aromatic N) is 4. The van der Waals surface area contributed by atoms with E-state index in [4.69, 9.17) is 0 Å². The summed E-state index contributed by atoms with van der Waals surface area (Å²) in [5, 5.41) is 9.89. The Bertz CT molecular complexity index is 769. The lowest BCUT2D eigenvalue weighted by Gasteiger charge is -2.12. The first-order valence-corrected chi connectivity index (χ1v) is 9.73. The Kier molecular flexibility index (Phi) is 6.23. The second-order valence-corrected chi connectivity index (χ2v) is 7.55.